The van der Waals surface area contributed by atoms with Gasteiger partial charge >= 0.3 is 0 Å². The largest absolute Gasteiger partial charge is 0.385 e. The van der Waals surface area contributed by atoms with Crippen LogP contribution in [0.3, 0.4) is 0 Å². The standard InChI is InChI=1S/C14H32N2O2/c1-14(2,13-15)7-5-8-16(10-12-18-4)9-6-11-17-3/h5-13,15H2,1-4H3. The Morgan fingerprint density at radius 2 is 1.56 bits per heavy atom. The summed E-state index contributed by atoms with van der Waals surface area (Å²) in [6.45, 7) is 10.1. The summed E-state index contributed by atoms with van der Waals surface area (Å²) in [5.74, 6) is 0. The Labute approximate surface area is 113 Å². The highest BCUT2D eigenvalue weighted by Crippen LogP contribution is 2.20. The zero-order valence-electron chi connectivity index (χ0n) is 12.7. The van der Waals surface area contributed by atoms with Crippen molar-refractivity contribution in [2.75, 3.05) is 53.6 Å². The molecule has 4 nitrogen and oxygen atoms in total. The lowest BCUT2D eigenvalue weighted by Gasteiger charge is -2.26. The van der Waals surface area contributed by atoms with E-state index in [0.717, 1.165) is 45.8 Å². The Bertz CT molecular complexity index is 187. The van der Waals surface area contributed by atoms with Crippen molar-refractivity contribution in [3.05, 3.63) is 0 Å². The van der Waals surface area contributed by atoms with E-state index in [1.54, 1.807) is 14.2 Å². The molecule has 0 fully saturated rings. The number of nitrogens with two attached hydrogens (primary N) is 1. The van der Waals surface area contributed by atoms with Gasteiger partial charge in [-0.05, 0) is 37.8 Å². The van der Waals surface area contributed by atoms with E-state index < -0.39 is 0 Å². The quantitative estimate of drug-likeness (QED) is 0.543. The zero-order valence-corrected chi connectivity index (χ0v) is 12.7. The summed E-state index contributed by atoms with van der Waals surface area (Å²) in [7, 11) is 3.51. The highest BCUT2D eigenvalue weighted by atomic mass is 16.5. The van der Waals surface area contributed by atoms with Gasteiger partial charge in [-0.2, -0.15) is 0 Å². The molecule has 0 aromatic rings. The summed E-state index contributed by atoms with van der Waals surface area (Å²) in [6, 6.07) is 0. The van der Waals surface area contributed by atoms with Crippen LogP contribution in [0.1, 0.15) is 33.1 Å². The van der Waals surface area contributed by atoms with Crippen molar-refractivity contribution in [1.29, 1.82) is 0 Å². The molecule has 0 aromatic heterocycles. The van der Waals surface area contributed by atoms with Crippen molar-refractivity contribution in [3.63, 3.8) is 0 Å². The number of hydrogen-bond acceptors (Lipinski definition) is 4. The van der Waals surface area contributed by atoms with Crippen molar-refractivity contribution < 1.29 is 9.47 Å². The van der Waals surface area contributed by atoms with E-state index in [-0.39, 0.29) is 5.41 Å². The molecule has 0 aromatic carbocycles. The fourth-order valence-electron chi connectivity index (χ4n) is 1.87. The SMILES string of the molecule is COCCCN(CCCC(C)(C)CN)CCOC. The molecular formula is C14H32N2O2. The van der Waals surface area contributed by atoms with Gasteiger partial charge in [-0.15, -0.1) is 0 Å². The number of nitrogens with zero attached hydrogens (tertiary/aromatic N) is 1. The van der Waals surface area contributed by atoms with Crippen LogP contribution in [0.2, 0.25) is 0 Å². The van der Waals surface area contributed by atoms with Gasteiger partial charge in [0.2, 0.25) is 0 Å². The van der Waals surface area contributed by atoms with Crippen molar-refractivity contribution in [3.8, 4) is 0 Å². The Hall–Kier alpha value is -0.160. The normalized spacial score (nSPS) is 12.3. The third-order valence-corrected chi connectivity index (χ3v) is 3.31. The molecule has 0 bridgehead atoms. The monoisotopic (exact) mass is 260 g/mol. The predicted octanol–water partition coefficient (Wildman–Crippen LogP) is 1.74. The van der Waals surface area contributed by atoms with Gasteiger partial charge in [-0.25, -0.2) is 0 Å². The second kappa shape index (κ2) is 10.7. The van der Waals surface area contributed by atoms with Crippen molar-refractivity contribution in [2.24, 2.45) is 11.1 Å². The lowest BCUT2D eigenvalue weighted by atomic mass is 9.88. The van der Waals surface area contributed by atoms with E-state index >= 15 is 0 Å². The van der Waals surface area contributed by atoms with E-state index in [1.165, 1.54) is 12.8 Å². The Kier molecular flexibility index (Phi) is 10.6. The minimum absolute atomic E-state index is 0.263. The first-order valence-corrected chi connectivity index (χ1v) is 6.96. The second-order valence-electron chi connectivity index (χ2n) is 5.65. The van der Waals surface area contributed by atoms with Crippen LogP contribution < -0.4 is 5.73 Å². The summed E-state index contributed by atoms with van der Waals surface area (Å²) >= 11 is 0. The van der Waals surface area contributed by atoms with Crippen LogP contribution in [0.25, 0.3) is 0 Å². The highest BCUT2D eigenvalue weighted by Gasteiger charge is 2.15. The van der Waals surface area contributed by atoms with Crippen LogP contribution in [0, 0.1) is 5.41 Å². The fourth-order valence-corrected chi connectivity index (χ4v) is 1.87. The molecule has 18 heavy (non-hydrogen) atoms. The first-order chi connectivity index (χ1) is 8.55. The first kappa shape index (κ1) is 17.8. The minimum Gasteiger partial charge on any atom is -0.385 e. The number of methoxy groups -OCH3 is 2. The van der Waals surface area contributed by atoms with E-state index in [4.69, 9.17) is 15.2 Å². The number of rotatable bonds is 12. The van der Waals surface area contributed by atoms with Crippen molar-refractivity contribution in [2.45, 2.75) is 33.1 Å². The molecule has 0 aliphatic heterocycles. The molecular weight excluding hydrogens is 228 g/mol. The Morgan fingerprint density at radius 1 is 0.944 bits per heavy atom. The van der Waals surface area contributed by atoms with Gasteiger partial charge in [0.15, 0.2) is 0 Å². The maximum Gasteiger partial charge on any atom is 0.0589 e. The third kappa shape index (κ3) is 9.83. The van der Waals surface area contributed by atoms with Gasteiger partial charge in [0.1, 0.15) is 0 Å². The van der Waals surface area contributed by atoms with Gasteiger partial charge in [-0.1, -0.05) is 13.8 Å². The van der Waals surface area contributed by atoms with E-state index in [9.17, 15) is 0 Å². The summed E-state index contributed by atoms with van der Waals surface area (Å²) in [4.78, 5) is 2.45. The van der Waals surface area contributed by atoms with Gasteiger partial charge < -0.3 is 20.1 Å². The number of hydrogen-bond donors (Lipinski definition) is 1. The average molecular weight is 260 g/mol. The minimum atomic E-state index is 0.263. The molecule has 0 amide bonds. The maximum atomic E-state index is 5.75. The molecule has 0 spiro atoms. The molecule has 4 heteroatoms. The molecule has 0 atom stereocenters. The summed E-state index contributed by atoms with van der Waals surface area (Å²) in [5, 5.41) is 0. The molecule has 0 heterocycles. The molecule has 0 saturated carbocycles. The molecule has 0 rings (SSSR count). The van der Waals surface area contributed by atoms with Crippen LogP contribution in [-0.4, -0.2) is 58.5 Å². The van der Waals surface area contributed by atoms with Crippen molar-refractivity contribution >= 4 is 0 Å². The lowest BCUT2D eigenvalue weighted by molar-refractivity contribution is 0.129. The smallest absolute Gasteiger partial charge is 0.0589 e. The molecule has 0 unspecified atom stereocenters. The van der Waals surface area contributed by atoms with E-state index in [2.05, 4.69) is 18.7 Å². The van der Waals surface area contributed by atoms with Gasteiger partial charge in [0, 0.05) is 33.9 Å². The third-order valence-electron chi connectivity index (χ3n) is 3.31. The second-order valence-corrected chi connectivity index (χ2v) is 5.65. The summed E-state index contributed by atoms with van der Waals surface area (Å²) in [5.41, 5.74) is 6.01. The van der Waals surface area contributed by atoms with Gasteiger partial charge in [0.05, 0.1) is 6.61 Å². The fraction of sp³-hybridized carbons (Fsp3) is 1.00. The molecule has 2 N–H and O–H groups in total. The summed E-state index contributed by atoms with van der Waals surface area (Å²) < 4.78 is 10.3. The van der Waals surface area contributed by atoms with Gasteiger partial charge in [0.25, 0.3) is 0 Å². The Morgan fingerprint density at radius 3 is 2.11 bits per heavy atom. The highest BCUT2D eigenvalue weighted by molar-refractivity contribution is 4.70. The molecule has 0 aliphatic rings. The van der Waals surface area contributed by atoms with E-state index in [1.807, 2.05) is 0 Å². The van der Waals surface area contributed by atoms with Crippen LogP contribution in [0.15, 0.2) is 0 Å². The van der Waals surface area contributed by atoms with Crippen LogP contribution in [-0.2, 0) is 9.47 Å². The van der Waals surface area contributed by atoms with Crippen molar-refractivity contribution in [1.82, 2.24) is 4.90 Å². The number of ether oxygens (including phenoxy) is 2. The topological polar surface area (TPSA) is 47.7 Å². The molecule has 0 radical (unpaired) electrons. The van der Waals surface area contributed by atoms with E-state index in [0.29, 0.717) is 0 Å². The zero-order chi connectivity index (χ0) is 13.9. The Balaban J connectivity index is 3.84. The summed E-state index contributed by atoms with van der Waals surface area (Å²) in [6.07, 6.45) is 3.46. The lowest BCUT2D eigenvalue weighted by Crippen LogP contribution is -2.31. The van der Waals surface area contributed by atoms with Crippen LogP contribution >= 0.6 is 0 Å². The maximum absolute atomic E-state index is 5.75. The molecule has 0 saturated heterocycles. The van der Waals surface area contributed by atoms with Crippen LogP contribution in [0.5, 0.6) is 0 Å². The van der Waals surface area contributed by atoms with Crippen LogP contribution in [0.4, 0.5) is 0 Å². The first-order valence-electron chi connectivity index (χ1n) is 6.96. The predicted molar refractivity (Wildman–Crippen MR) is 76.9 cm³/mol. The molecule has 0 aliphatic carbocycles. The van der Waals surface area contributed by atoms with Gasteiger partial charge in [-0.3, -0.25) is 0 Å². The average Bonchev–Trinajstić information content (AvgIpc) is 2.35. The molecule has 110 valence electrons.